The van der Waals surface area contributed by atoms with Crippen molar-refractivity contribution in [1.82, 2.24) is 14.5 Å². The Labute approximate surface area is 124 Å². The first kappa shape index (κ1) is 16.4. The third kappa shape index (κ3) is 3.44. The van der Waals surface area contributed by atoms with Crippen molar-refractivity contribution in [1.29, 1.82) is 0 Å². The molecule has 1 saturated heterocycles. The number of hydrogen-bond acceptors (Lipinski definition) is 6. The third-order valence-corrected chi connectivity index (χ3v) is 7.32. The molecule has 21 heavy (non-hydrogen) atoms. The van der Waals surface area contributed by atoms with Crippen LogP contribution in [0.5, 0.6) is 0 Å². The number of aryl methyl sites for hydroxylation is 1. The smallest absolute Gasteiger partial charge is 0.246 e. The summed E-state index contributed by atoms with van der Waals surface area (Å²) in [4.78, 5) is 0.0721. The molecule has 0 saturated carbocycles. The maximum atomic E-state index is 12.7. The van der Waals surface area contributed by atoms with Crippen LogP contribution in [-0.4, -0.2) is 69.1 Å². The van der Waals surface area contributed by atoms with Gasteiger partial charge in [-0.2, -0.15) is 9.40 Å². The molecule has 1 fully saturated rings. The van der Waals surface area contributed by atoms with Crippen molar-refractivity contribution in [2.45, 2.75) is 24.3 Å². The van der Waals surface area contributed by atoms with Crippen LogP contribution in [0, 0.1) is 6.92 Å². The Kier molecular flexibility index (Phi) is 4.71. The van der Waals surface area contributed by atoms with E-state index in [9.17, 15) is 16.8 Å². The van der Waals surface area contributed by atoms with E-state index in [-0.39, 0.29) is 29.6 Å². The molecule has 0 bridgehead atoms. The van der Waals surface area contributed by atoms with E-state index in [1.165, 1.54) is 17.6 Å². The van der Waals surface area contributed by atoms with Crippen molar-refractivity contribution in [3.63, 3.8) is 0 Å². The molecule has 2 heterocycles. The molecular weight excluding hydrogens is 318 g/mol. The Morgan fingerprint density at radius 2 is 2.24 bits per heavy atom. The topological polar surface area (TPSA) is 109 Å². The number of aromatic nitrogens is 2. The predicted octanol–water partition coefficient (Wildman–Crippen LogP) is -0.458. The van der Waals surface area contributed by atoms with Crippen LogP contribution < -0.4 is 0 Å². The first-order valence-electron chi connectivity index (χ1n) is 6.49. The first-order valence-corrected chi connectivity index (χ1v) is 9.75. The van der Waals surface area contributed by atoms with Gasteiger partial charge in [-0.3, -0.25) is 5.10 Å². The van der Waals surface area contributed by atoms with Crippen molar-refractivity contribution >= 4 is 19.9 Å². The number of nitrogens with zero attached hydrogens (tertiary/aromatic N) is 2. The maximum absolute atomic E-state index is 12.7. The molecule has 1 atom stereocenters. The molecule has 1 aromatic heterocycles. The lowest BCUT2D eigenvalue weighted by Gasteiger charge is -2.26. The van der Waals surface area contributed by atoms with Crippen molar-refractivity contribution in [2.24, 2.45) is 0 Å². The van der Waals surface area contributed by atoms with Gasteiger partial charge in [0.2, 0.25) is 10.0 Å². The lowest BCUT2D eigenvalue weighted by molar-refractivity contribution is 0.169. The molecule has 120 valence electrons. The van der Waals surface area contributed by atoms with Crippen molar-refractivity contribution in [3.05, 3.63) is 11.9 Å². The van der Waals surface area contributed by atoms with Crippen molar-refractivity contribution in [3.8, 4) is 0 Å². The van der Waals surface area contributed by atoms with Crippen molar-refractivity contribution in [2.75, 3.05) is 31.8 Å². The van der Waals surface area contributed by atoms with Gasteiger partial charge < -0.3 is 4.74 Å². The average molecular weight is 337 g/mol. The maximum Gasteiger partial charge on any atom is 0.246 e. The molecule has 0 spiro atoms. The van der Waals surface area contributed by atoms with Crippen LogP contribution in [0.3, 0.4) is 0 Å². The van der Waals surface area contributed by atoms with E-state index in [0.717, 1.165) is 0 Å². The molecule has 8 nitrogen and oxygen atoms in total. The van der Waals surface area contributed by atoms with E-state index in [4.69, 9.17) is 4.74 Å². The van der Waals surface area contributed by atoms with Gasteiger partial charge in [-0.15, -0.1) is 0 Å². The summed E-state index contributed by atoms with van der Waals surface area (Å²) in [6.07, 6.45) is 1.55. The summed E-state index contributed by atoms with van der Waals surface area (Å²) in [5.74, 6) is -0.131. The Hall–Kier alpha value is -0.970. The normalized spacial score (nSPS) is 22.0. The molecule has 1 aromatic rings. The zero-order valence-electron chi connectivity index (χ0n) is 11.9. The lowest BCUT2D eigenvalue weighted by atomic mass is 10.3. The molecule has 2 rings (SSSR count). The second-order valence-corrected chi connectivity index (χ2v) is 9.11. The second-order valence-electron chi connectivity index (χ2n) is 5.02. The molecular formula is C11H19N3O5S2. The lowest BCUT2D eigenvalue weighted by Crippen LogP contribution is -2.43. The van der Waals surface area contributed by atoms with E-state index >= 15 is 0 Å². The highest BCUT2D eigenvalue weighted by Crippen LogP contribution is 2.25. The van der Waals surface area contributed by atoms with Crippen LogP contribution in [0.4, 0.5) is 0 Å². The molecule has 0 aliphatic carbocycles. The molecule has 1 aliphatic rings. The van der Waals surface area contributed by atoms with Crippen LogP contribution in [0.15, 0.2) is 11.1 Å². The molecule has 1 unspecified atom stereocenters. The van der Waals surface area contributed by atoms with Crippen LogP contribution in [0.25, 0.3) is 0 Å². The fourth-order valence-corrected chi connectivity index (χ4v) is 5.99. The third-order valence-electron chi connectivity index (χ3n) is 3.50. The fourth-order valence-electron chi connectivity index (χ4n) is 2.41. The molecule has 10 heteroatoms. The summed E-state index contributed by atoms with van der Waals surface area (Å²) >= 11 is 0. The van der Waals surface area contributed by atoms with Gasteiger partial charge in [0.1, 0.15) is 4.90 Å². The average Bonchev–Trinajstić information content (AvgIpc) is 2.96. The van der Waals surface area contributed by atoms with E-state index in [2.05, 4.69) is 10.2 Å². The van der Waals surface area contributed by atoms with Crippen LogP contribution in [0.1, 0.15) is 12.1 Å². The molecule has 0 aromatic carbocycles. The van der Waals surface area contributed by atoms with E-state index < -0.39 is 25.9 Å². The summed E-state index contributed by atoms with van der Waals surface area (Å²) in [6, 6.07) is -0.551. The number of rotatable bonds is 6. The number of nitrogens with one attached hydrogen (secondary N) is 1. The molecule has 1 N–H and O–H groups in total. The number of hydrogen-bond donors (Lipinski definition) is 1. The minimum absolute atomic E-state index is 0.0149. The van der Waals surface area contributed by atoms with E-state index in [0.29, 0.717) is 12.1 Å². The van der Waals surface area contributed by atoms with Gasteiger partial charge >= 0.3 is 0 Å². The van der Waals surface area contributed by atoms with Crippen molar-refractivity contribution < 1.29 is 21.6 Å². The Balaban J connectivity index is 2.34. The second kappa shape index (κ2) is 6.03. The standard InChI is InChI=1S/C11H19N3O5S2/c1-9-11(7-12-13-9)21(17,18)14(4-5-19-2)10-3-6-20(15,16)8-10/h7,10H,3-6,8H2,1-2H3,(H,12,13). The zero-order chi connectivity index (χ0) is 15.7. The van der Waals surface area contributed by atoms with Gasteiger partial charge in [0.05, 0.1) is 30.0 Å². The van der Waals surface area contributed by atoms with Gasteiger partial charge in [-0.05, 0) is 13.3 Å². The monoisotopic (exact) mass is 337 g/mol. The molecule has 0 radical (unpaired) electrons. The minimum atomic E-state index is -3.80. The van der Waals surface area contributed by atoms with Crippen LogP contribution in [0.2, 0.25) is 0 Å². The summed E-state index contributed by atoms with van der Waals surface area (Å²) in [7, 11) is -5.50. The van der Waals surface area contributed by atoms with Crippen LogP contribution >= 0.6 is 0 Å². The number of ether oxygens (including phenoxy) is 1. The largest absolute Gasteiger partial charge is 0.383 e. The highest BCUT2D eigenvalue weighted by atomic mass is 32.2. The highest BCUT2D eigenvalue weighted by molar-refractivity contribution is 7.92. The Morgan fingerprint density at radius 1 is 1.52 bits per heavy atom. The number of aromatic amines is 1. The number of methoxy groups -OCH3 is 1. The SMILES string of the molecule is COCCN(C1CCS(=O)(=O)C1)S(=O)(=O)c1cn[nH]c1C. The molecule has 1 aliphatic heterocycles. The highest BCUT2D eigenvalue weighted by Gasteiger charge is 2.39. The fraction of sp³-hybridized carbons (Fsp3) is 0.727. The quantitative estimate of drug-likeness (QED) is 0.752. The predicted molar refractivity (Wildman–Crippen MR) is 76.2 cm³/mol. The van der Waals surface area contributed by atoms with Gasteiger partial charge in [-0.1, -0.05) is 0 Å². The Morgan fingerprint density at radius 3 is 2.71 bits per heavy atom. The summed E-state index contributed by atoms with van der Waals surface area (Å²) in [6.45, 7) is 1.93. The Bertz CT molecular complexity index is 695. The van der Waals surface area contributed by atoms with Gasteiger partial charge in [-0.25, -0.2) is 16.8 Å². The number of H-pyrrole nitrogens is 1. The summed E-state index contributed by atoms with van der Waals surface area (Å²) in [5.41, 5.74) is 0.429. The van der Waals surface area contributed by atoms with Gasteiger partial charge in [0.25, 0.3) is 0 Å². The zero-order valence-corrected chi connectivity index (χ0v) is 13.6. The van der Waals surface area contributed by atoms with Gasteiger partial charge in [0, 0.05) is 19.7 Å². The molecule has 0 amide bonds. The summed E-state index contributed by atoms with van der Waals surface area (Å²) in [5, 5.41) is 6.31. The number of sulfone groups is 1. The minimum Gasteiger partial charge on any atom is -0.383 e. The van der Waals surface area contributed by atoms with Crippen LogP contribution in [-0.2, 0) is 24.6 Å². The number of sulfonamides is 1. The summed E-state index contributed by atoms with van der Waals surface area (Å²) < 4.78 is 54.9. The van der Waals surface area contributed by atoms with E-state index in [1.54, 1.807) is 6.92 Å². The van der Waals surface area contributed by atoms with Gasteiger partial charge in [0.15, 0.2) is 9.84 Å². The first-order chi connectivity index (χ1) is 9.78. The van der Waals surface area contributed by atoms with E-state index in [1.807, 2.05) is 0 Å².